The number of nitrogens with one attached hydrogen (secondary N) is 2. The molecule has 2 heterocycles. The van der Waals surface area contributed by atoms with Gasteiger partial charge in [-0.1, -0.05) is 43.2 Å². The van der Waals surface area contributed by atoms with E-state index in [4.69, 9.17) is 0 Å². The van der Waals surface area contributed by atoms with Crippen LogP contribution in [0.1, 0.15) is 37.7 Å². The lowest BCUT2D eigenvalue weighted by Gasteiger charge is -2.21. The second kappa shape index (κ2) is 13.9. The van der Waals surface area contributed by atoms with Crippen molar-refractivity contribution in [1.29, 1.82) is 0 Å². The van der Waals surface area contributed by atoms with E-state index in [-0.39, 0.29) is 29.9 Å². The lowest BCUT2D eigenvalue weighted by Crippen LogP contribution is -2.43. The van der Waals surface area contributed by atoms with E-state index in [9.17, 15) is 4.79 Å². The maximum absolute atomic E-state index is 12.3. The van der Waals surface area contributed by atoms with Crippen molar-refractivity contribution in [2.24, 2.45) is 10.9 Å². The normalized spacial score (nSPS) is 20.6. The van der Waals surface area contributed by atoms with Crippen LogP contribution in [-0.2, 0) is 11.2 Å². The van der Waals surface area contributed by atoms with Crippen LogP contribution in [0.15, 0.2) is 35.3 Å². The number of carbonyl (C=O) groups is 1. The maximum atomic E-state index is 12.3. The highest BCUT2D eigenvalue weighted by Crippen LogP contribution is 2.17. The Morgan fingerprint density at radius 2 is 1.80 bits per heavy atom. The highest BCUT2D eigenvalue weighted by atomic mass is 127. The van der Waals surface area contributed by atoms with E-state index in [0.717, 1.165) is 45.1 Å². The van der Waals surface area contributed by atoms with E-state index in [2.05, 4.69) is 44.8 Å². The molecule has 6 nitrogen and oxygen atoms in total. The molecule has 1 amide bonds. The van der Waals surface area contributed by atoms with Gasteiger partial charge in [-0.15, -0.1) is 24.0 Å². The minimum absolute atomic E-state index is 0. The van der Waals surface area contributed by atoms with Gasteiger partial charge in [0.1, 0.15) is 0 Å². The van der Waals surface area contributed by atoms with Crippen LogP contribution in [0.5, 0.6) is 0 Å². The molecule has 0 radical (unpaired) electrons. The molecule has 0 saturated carbocycles. The molecule has 2 N–H and O–H groups in total. The Kier molecular flexibility index (Phi) is 11.5. The quantitative estimate of drug-likeness (QED) is 0.310. The van der Waals surface area contributed by atoms with Crippen molar-refractivity contribution in [2.45, 2.75) is 38.5 Å². The maximum Gasteiger partial charge on any atom is 0.223 e. The second-order valence-corrected chi connectivity index (χ2v) is 8.28. The Balaban J connectivity index is 0.00000320. The first kappa shape index (κ1) is 24.9. The number of aliphatic imine (C=N–C) groups is 1. The number of hydrogen-bond acceptors (Lipinski definition) is 3. The SMILES string of the molecule is CN=C(NCCN1CCCCCC1)NCC1CC(=O)N(CCc2ccccc2)C1.I. The first-order valence-corrected chi connectivity index (χ1v) is 11.2. The van der Waals surface area contributed by atoms with Gasteiger partial charge in [-0.05, 0) is 37.9 Å². The molecule has 0 bridgehead atoms. The predicted octanol–water partition coefficient (Wildman–Crippen LogP) is 2.74. The van der Waals surface area contributed by atoms with Gasteiger partial charge in [0, 0.05) is 52.1 Å². The van der Waals surface area contributed by atoms with E-state index >= 15 is 0 Å². The smallest absolute Gasteiger partial charge is 0.223 e. The molecule has 30 heavy (non-hydrogen) atoms. The average molecular weight is 527 g/mol. The third-order valence-electron chi connectivity index (χ3n) is 6.01. The Morgan fingerprint density at radius 3 is 2.50 bits per heavy atom. The van der Waals surface area contributed by atoms with E-state index < -0.39 is 0 Å². The number of guanidine groups is 1. The molecule has 2 saturated heterocycles. The number of amides is 1. The summed E-state index contributed by atoms with van der Waals surface area (Å²) in [5.74, 6) is 1.47. The highest BCUT2D eigenvalue weighted by molar-refractivity contribution is 14.0. The number of carbonyl (C=O) groups excluding carboxylic acids is 1. The lowest BCUT2D eigenvalue weighted by atomic mass is 10.1. The van der Waals surface area contributed by atoms with Crippen LogP contribution < -0.4 is 10.6 Å². The Morgan fingerprint density at radius 1 is 1.07 bits per heavy atom. The van der Waals surface area contributed by atoms with Crippen LogP contribution in [0.4, 0.5) is 0 Å². The first-order valence-electron chi connectivity index (χ1n) is 11.2. The van der Waals surface area contributed by atoms with Crippen molar-refractivity contribution in [3.63, 3.8) is 0 Å². The highest BCUT2D eigenvalue weighted by Gasteiger charge is 2.29. The molecule has 168 valence electrons. The van der Waals surface area contributed by atoms with Gasteiger partial charge in [-0.3, -0.25) is 9.79 Å². The van der Waals surface area contributed by atoms with Gasteiger partial charge < -0.3 is 20.4 Å². The molecule has 0 aromatic heterocycles. The molecule has 2 aliphatic heterocycles. The largest absolute Gasteiger partial charge is 0.356 e. The fourth-order valence-corrected chi connectivity index (χ4v) is 4.27. The molecule has 3 rings (SSSR count). The van der Waals surface area contributed by atoms with Crippen molar-refractivity contribution in [2.75, 3.05) is 52.9 Å². The number of nitrogens with zero attached hydrogens (tertiary/aromatic N) is 3. The Labute approximate surface area is 198 Å². The summed E-state index contributed by atoms with van der Waals surface area (Å²) in [6.45, 7) is 6.85. The minimum Gasteiger partial charge on any atom is -0.356 e. The molecule has 1 aromatic carbocycles. The number of halogens is 1. The van der Waals surface area contributed by atoms with Crippen molar-refractivity contribution in [3.05, 3.63) is 35.9 Å². The molecule has 2 fully saturated rings. The van der Waals surface area contributed by atoms with Gasteiger partial charge >= 0.3 is 0 Å². The van der Waals surface area contributed by atoms with Crippen LogP contribution >= 0.6 is 24.0 Å². The van der Waals surface area contributed by atoms with Crippen molar-refractivity contribution >= 4 is 35.8 Å². The summed E-state index contributed by atoms with van der Waals surface area (Å²) in [6.07, 6.45) is 6.94. The average Bonchev–Trinajstić information content (AvgIpc) is 2.92. The first-order chi connectivity index (χ1) is 14.2. The van der Waals surface area contributed by atoms with E-state index in [0.29, 0.717) is 12.3 Å². The third-order valence-corrected chi connectivity index (χ3v) is 6.01. The molecular formula is C23H38IN5O. The standard InChI is InChI=1S/C23H37N5O.HI/c1-24-23(25-12-16-27-13-7-2-3-8-14-27)26-18-21-17-22(29)28(19-21)15-11-20-9-5-4-6-10-20;/h4-6,9-10,21H,2-3,7-8,11-19H2,1H3,(H2,24,25,26);1H. The summed E-state index contributed by atoms with van der Waals surface area (Å²) < 4.78 is 0. The fourth-order valence-electron chi connectivity index (χ4n) is 4.27. The molecule has 0 aliphatic carbocycles. The van der Waals surface area contributed by atoms with Gasteiger partial charge in [-0.25, -0.2) is 0 Å². The molecule has 1 unspecified atom stereocenters. The van der Waals surface area contributed by atoms with Gasteiger partial charge in [0.05, 0.1) is 0 Å². The molecule has 2 aliphatic rings. The zero-order valence-corrected chi connectivity index (χ0v) is 20.6. The summed E-state index contributed by atoms with van der Waals surface area (Å²) in [5, 5.41) is 6.85. The van der Waals surface area contributed by atoms with Crippen molar-refractivity contribution in [1.82, 2.24) is 20.4 Å². The van der Waals surface area contributed by atoms with Crippen molar-refractivity contribution in [3.8, 4) is 0 Å². The van der Waals surface area contributed by atoms with Crippen LogP contribution in [0.25, 0.3) is 0 Å². The number of likely N-dealkylation sites (tertiary alicyclic amines) is 2. The third kappa shape index (κ3) is 8.41. The molecule has 1 aromatic rings. The second-order valence-electron chi connectivity index (χ2n) is 8.28. The van der Waals surface area contributed by atoms with Crippen LogP contribution in [-0.4, -0.2) is 74.5 Å². The molecule has 7 heteroatoms. The summed E-state index contributed by atoms with van der Waals surface area (Å²) in [4.78, 5) is 21.2. The fraction of sp³-hybridized carbons (Fsp3) is 0.652. The summed E-state index contributed by atoms with van der Waals surface area (Å²) in [5.41, 5.74) is 1.29. The summed E-state index contributed by atoms with van der Waals surface area (Å²) in [7, 11) is 1.81. The monoisotopic (exact) mass is 527 g/mol. The van der Waals surface area contributed by atoms with Gasteiger partial charge in [-0.2, -0.15) is 0 Å². The summed E-state index contributed by atoms with van der Waals surface area (Å²) >= 11 is 0. The molecular weight excluding hydrogens is 489 g/mol. The van der Waals surface area contributed by atoms with E-state index in [1.165, 1.54) is 44.3 Å². The topological polar surface area (TPSA) is 60.0 Å². The number of benzene rings is 1. The zero-order valence-electron chi connectivity index (χ0n) is 18.3. The minimum atomic E-state index is 0. The Hall–Kier alpha value is -1.35. The zero-order chi connectivity index (χ0) is 20.3. The van der Waals surface area contributed by atoms with Crippen LogP contribution in [0, 0.1) is 5.92 Å². The van der Waals surface area contributed by atoms with E-state index in [1.54, 1.807) is 0 Å². The Bertz CT molecular complexity index is 646. The molecule has 0 spiro atoms. The van der Waals surface area contributed by atoms with Gasteiger partial charge in [0.25, 0.3) is 0 Å². The van der Waals surface area contributed by atoms with Crippen LogP contribution in [0.2, 0.25) is 0 Å². The van der Waals surface area contributed by atoms with Crippen LogP contribution in [0.3, 0.4) is 0 Å². The predicted molar refractivity (Wildman–Crippen MR) is 135 cm³/mol. The van der Waals surface area contributed by atoms with Gasteiger partial charge in [0.2, 0.25) is 5.91 Å². The van der Waals surface area contributed by atoms with E-state index in [1.807, 2.05) is 18.0 Å². The molecule has 1 atom stereocenters. The summed E-state index contributed by atoms with van der Waals surface area (Å²) in [6, 6.07) is 10.4. The number of hydrogen-bond donors (Lipinski definition) is 2. The van der Waals surface area contributed by atoms with Gasteiger partial charge in [0.15, 0.2) is 5.96 Å². The number of rotatable bonds is 8. The van der Waals surface area contributed by atoms with Crippen molar-refractivity contribution < 1.29 is 4.79 Å². The lowest BCUT2D eigenvalue weighted by molar-refractivity contribution is -0.127.